The van der Waals surface area contributed by atoms with E-state index < -0.39 is 21.8 Å². The van der Waals surface area contributed by atoms with Crippen LogP contribution in [0.4, 0.5) is 13.2 Å². The second-order valence-electron chi connectivity index (χ2n) is 9.51. The molecule has 2 fully saturated rings. The highest BCUT2D eigenvalue weighted by atomic mass is 32.2. The molecular formula is C26H31F3N4O2S. The summed E-state index contributed by atoms with van der Waals surface area (Å²) in [4.78, 5) is 4.39. The number of nitriles is 1. The molecule has 36 heavy (non-hydrogen) atoms. The van der Waals surface area contributed by atoms with Crippen molar-refractivity contribution in [2.75, 3.05) is 39.3 Å². The molecule has 0 N–H and O–H groups in total. The van der Waals surface area contributed by atoms with E-state index in [0.717, 1.165) is 55.8 Å². The molecule has 0 saturated carbocycles. The summed E-state index contributed by atoms with van der Waals surface area (Å²) in [5.74, 6) is 0. The number of halogens is 3. The van der Waals surface area contributed by atoms with Crippen molar-refractivity contribution in [2.45, 2.75) is 49.3 Å². The van der Waals surface area contributed by atoms with Crippen molar-refractivity contribution >= 4 is 10.0 Å². The molecule has 10 heteroatoms. The summed E-state index contributed by atoms with van der Waals surface area (Å²) in [6, 6.07) is 13.2. The van der Waals surface area contributed by atoms with Gasteiger partial charge in [0.05, 0.1) is 22.1 Å². The van der Waals surface area contributed by atoms with Crippen molar-refractivity contribution in [3.8, 4) is 6.07 Å². The molecule has 194 valence electrons. The molecule has 0 spiro atoms. The van der Waals surface area contributed by atoms with Crippen LogP contribution in [-0.2, 0) is 22.7 Å². The third kappa shape index (κ3) is 6.45. The first-order valence-corrected chi connectivity index (χ1v) is 13.7. The van der Waals surface area contributed by atoms with Gasteiger partial charge in [0.25, 0.3) is 0 Å². The van der Waals surface area contributed by atoms with Crippen molar-refractivity contribution in [3.63, 3.8) is 0 Å². The zero-order valence-corrected chi connectivity index (χ0v) is 20.9. The van der Waals surface area contributed by atoms with Gasteiger partial charge in [-0.3, -0.25) is 4.90 Å². The van der Waals surface area contributed by atoms with Gasteiger partial charge < -0.3 is 4.90 Å². The molecule has 4 rings (SSSR count). The maximum atomic E-state index is 13.6. The molecule has 0 unspecified atom stereocenters. The molecule has 2 aromatic rings. The van der Waals surface area contributed by atoms with Gasteiger partial charge in [0.1, 0.15) is 0 Å². The van der Waals surface area contributed by atoms with Gasteiger partial charge in [-0.05, 0) is 80.7 Å². The van der Waals surface area contributed by atoms with Gasteiger partial charge in [-0.15, -0.1) is 0 Å². The van der Waals surface area contributed by atoms with Gasteiger partial charge in [-0.25, -0.2) is 8.42 Å². The van der Waals surface area contributed by atoms with Crippen LogP contribution in [0.25, 0.3) is 0 Å². The van der Waals surface area contributed by atoms with Gasteiger partial charge in [0.2, 0.25) is 10.0 Å². The molecular weight excluding hydrogens is 489 g/mol. The fourth-order valence-electron chi connectivity index (χ4n) is 5.06. The fraction of sp³-hybridized carbons (Fsp3) is 0.500. The Kier molecular flexibility index (Phi) is 8.35. The highest BCUT2D eigenvalue weighted by molar-refractivity contribution is 7.89. The molecule has 2 saturated heterocycles. The van der Waals surface area contributed by atoms with Crippen LogP contribution < -0.4 is 0 Å². The minimum atomic E-state index is -4.52. The maximum absolute atomic E-state index is 13.6. The van der Waals surface area contributed by atoms with Gasteiger partial charge >= 0.3 is 6.18 Å². The number of alkyl halides is 3. The van der Waals surface area contributed by atoms with E-state index in [1.54, 1.807) is 6.07 Å². The van der Waals surface area contributed by atoms with Crippen molar-refractivity contribution in [3.05, 3.63) is 65.2 Å². The van der Waals surface area contributed by atoms with Gasteiger partial charge in [-0.1, -0.05) is 12.1 Å². The number of nitrogens with zero attached hydrogens (tertiary/aromatic N) is 4. The Balaban J connectivity index is 1.48. The Morgan fingerprint density at radius 1 is 0.972 bits per heavy atom. The van der Waals surface area contributed by atoms with E-state index in [9.17, 15) is 21.6 Å². The monoisotopic (exact) mass is 520 g/mol. The number of hydrogen-bond donors (Lipinski definition) is 0. The average molecular weight is 521 g/mol. The molecule has 6 nitrogen and oxygen atoms in total. The van der Waals surface area contributed by atoms with Crippen molar-refractivity contribution in [2.24, 2.45) is 0 Å². The largest absolute Gasteiger partial charge is 0.416 e. The van der Waals surface area contributed by atoms with Gasteiger partial charge in [0, 0.05) is 38.8 Å². The lowest BCUT2D eigenvalue weighted by molar-refractivity contribution is -0.137. The predicted molar refractivity (Wildman–Crippen MR) is 130 cm³/mol. The molecule has 0 bridgehead atoms. The maximum Gasteiger partial charge on any atom is 0.416 e. The second-order valence-corrected chi connectivity index (χ2v) is 11.4. The minimum absolute atomic E-state index is 0.104. The molecule has 0 aromatic heterocycles. The summed E-state index contributed by atoms with van der Waals surface area (Å²) >= 11 is 0. The first-order valence-electron chi connectivity index (χ1n) is 12.3. The Hall–Kier alpha value is -2.45. The average Bonchev–Trinajstić information content (AvgIpc) is 3.38. The summed E-state index contributed by atoms with van der Waals surface area (Å²) in [5, 5.41) is 9.13. The zero-order valence-electron chi connectivity index (χ0n) is 20.1. The minimum Gasteiger partial charge on any atom is -0.302 e. The molecule has 0 atom stereocenters. The van der Waals surface area contributed by atoms with E-state index in [2.05, 4.69) is 15.9 Å². The van der Waals surface area contributed by atoms with E-state index in [4.69, 9.17) is 5.26 Å². The number of rotatable bonds is 8. The summed E-state index contributed by atoms with van der Waals surface area (Å²) in [7, 11) is -3.96. The van der Waals surface area contributed by atoms with Crippen LogP contribution in [0, 0.1) is 11.3 Å². The number of sulfonamides is 1. The highest BCUT2D eigenvalue weighted by Gasteiger charge is 2.35. The molecule has 0 aliphatic carbocycles. The molecule has 2 aromatic carbocycles. The number of hydrogen-bond acceptors (Lipinski definition) is 5. The third-order valence-electron chi connectivity index (χ3n) is 7.05. The summed E-state index contributed by atoms with van der Waals surface area (Å²) < 4.78 is 67.8. The SMILES string of the molecule is N#Cc1cccc(CN2CCC(N(CCN3CCCC3)S(=O)(=O)c3ccc(C(F)(F)F)cc3)CC2)c1. The number of piperidine rings is 1. The lowest BCUT2D eigenvalue weighted by Gasteiger charge is -2.38. The summed E-state index contributed by atoms with van der Waals surface area (Å²) in [5.41, 5.74) is 0.785. The van der Waals surface area contributed by atoms with E-state index in [1.807, 2.05) is 18.2 Å². The number of benzene rings is 2. The van der Waals surface area contributed by atoms with Crippen molar-refractivity contribution in [1.82, 2.24) is 14.1 Å². The molecule has 0 radical (unpaired) electrons. The van der Waals surface area contributed by atoms with Crippen LogP contribution in [0.1, 0.15) is 42.4 Å². The Morgan fingerprint density at radius 3 is 2.25 bits per heavy atom. The van der Waals surface area contributed by atoms with Crippen molar-refractivity contribution < 1.29 is 21.6 Å². The predicted octanol–water partition coefficient (Wildman–Crippen LogP) is 4.33. The Bertz CT molecular complexity index is 1160. The van der Waals surface area contributed by atoms with Crippen LogP contribution in [0.2, 0.25) is 0 Å². The lowest BCUT2D eigenvalue weighted by Crippen LogP contribution is -2.49. The molecule has 2 heterocycles. The van der Waals surface area contributed by atoms with Crippen LogP contribution in [0.3, 0.4) is 0 Å². The van der Waals surface area contributed by atoms with E-state index in [0.29, 0.717) is 51.1 Å². The van der Waals surface area contributed by atoms with Gasteiger partial charge in [-0.2, -0.15) is 22.7 Å². The van der Waals surface area contributed by atoms with Crippen LogP contribution in [0.5, 0.6) is 0 Å². The zero-order chi connectivity index (χ0) is 25.8. The lowest BCUT2D eigenvalue weighted by atomic mass is 10.0. The fourth-order valence-corrected chi connectivity index (χ4v) is 6.74. The van der Waals surface area contributed by atoms with Crippen molar-refractivity contribution in [1.29, 1.82) is 5.26 Å². The topological polar surface area (TPSA) is 67.7 Å². The first kappa shape index (κ1) is 26.6. The second kappa shape index (κ2) is 11.3. The molecule has 2 aliphatic rings. The summed E-state index contributed by atoms with van der Waals surface area (Å²) in [6.07, 6.45) is -1.05. The molecule has 2 aliphatic heterocycles. The third-order valence-corrected chi connectivity index (χ3v) is 9.02. The van der Waals surface area contributed by atoms with Gasteiger partial charge in [0.15, 0.2) is 0 Å². The van der Waals surface area contributed by atoms with E-state index in [1.165, 1.54) is 4.31 Å². The standard InChI is InChI=1S/C26H31F3N4O2S/c27-26(28,29)23-6-8-25(9-7-23)36(34,35)33(17-16-31-12-1-2-13-31)24-10-14-32(15-11-24)20-22-5-3-4-21(18-22)19-30/h3-9,18,24H,1-2,10-17,20H2. The van der Waals surface area contributed by atoms with Crippen LogP contribution >= 0.6 is 0 Å². The Labute approximate surface area is 211 Å². The quantitative estimate of drug-likeness (QED) is 0.519. The highest BCUT2D eigenvalue weighted by Crippen LogP contribution is 2.31. The van der Waals surface area contributed by atoms with Crippen LogP contribution in [0.15, 0.2) is 53.4 Å². The van der Waals surface area contributed by atoms with E-state index >= 15 is 0 Å². The van der Waals surface area contributed by atoms with Crippen LogP contribution in [-0.4, -0.2) is 67.8 Å². The summed E-state index contributed by atoms with van der Waals surface area (Å²) in [6.45, 7) is 4.89. The Morgan fingerprint density at radius 2 is 1.64 bits per heavy atom. The number of likely N-dealkylation sites (tertiary alicyclic amines) is 2. The smallest absolute Gasteiger partial charge is 0.302 e. The first-order chi connectivity index (χ1) is 17.2. The normalized spacial score (nSPS) is 18.5. The van der Waals surface area contributed by atoms with E-state index in [-0.39, 0.29) is 10.9 Å². The molecule has 0 amide bonds.